The lowest BCUT2D eigenvalue weighted by Crippen LogP contribution is -2.38. The maximum absolute atomic E-state index is 12.4. The van der Waals surface area contributed by atoms with Gasteiger partial charge in [0.1, 0.15) is 0 Å². The largest absolute Gasteiger partial charge is 0.392 e. The van der Waals surface area contributed by atoms with Crippen LogP contribution in [-0.4, -0.2) is 40.3 Å². The van der Waals surface area contributed by atoms with Crippen LogP contribution in [0.2, 0.25) is 0 Å². The lowest BCUT2D eigenvalue weighted by atomic mass is 9.91. The molecule has 8 heteroatoms. The third kappa shape index (κ3) is 3.99. The molecule has 0 spiro atoms. The Bertz CT molecular complexity index is 778. The minimum absolute atomic E-state index is 0.0207. The molecule has 1 aromatic rings. The fourth-order valence-electron chi connectivity index (χ4n) is 2.76. The van der Waals surface area contributed by atoms with E-state index in [0.29, 0.717) is 0 Å². The van der Waals surface area contributed by atoms with Gasteiger partial charge in [0.15, 0.2) is 9.84 Å². The molecule has 1 aliphatic carbocycles. The Morgan fingerprint density at radius 1 is 1.08 bits per heavy atom. The van der Waals surface area contributed by atoms with Crippen molar-refractivity contribution in [3.63, 3.8) is 0 Å². The second-order valence-electron chi connectivity index (χ2n) is 6.75. The van der Waals surface area contributed by atoms with Crippen LogP contribution in [0.25, 0.3) is 0 Å². The summed E-state index contributed by atoms with van der Waals surface area (Å²) in [6.07, 6.45) is 1.04. The number of aliphatic hydroxyl groups excluding tert-OH is 1. The first kappa shape index (κ1) is 19.4. The number of rotatable bonds is 8. The third-order valence-electron chi connectivity index (χ3n) is 4.64. The van der Waals surface area contributed by atoms with E-state index in [9.17, 15) is 21.9 Å². The van der Waals surface area contributed by atoms with Crippen molar-refractivity contribution in [2.24, 2.45) is 11.3 Å². The Morgan fingerprint density at radius 3 is 2.00 bits per heavy atom. The van der Waals surface area contributed by atoms with Gasteiger partial charge in [-0.05, 0) is 43.0 Å². The molecule has 136 valence electrons. The van der Waals surface area contributed by atoms with E-state index in [1.165, 1.54) is 31.2 Å². The van der Waals surface area contributed by atoms with E-state index >= 15 is 0 Å². The van der Waals surface area contributed by atoms with E-state index in [4.69, 9.17) is 0 Å². The standard InChI is InChI=1S/C16H25NO5S2/c1-4-23(19,20)13-5-7-14(8-6-13)24(21,22)17-11-16(9-10-16)15(18)12(2)3/h5-8,12,15,17-18H,4,9-11H2,1-3H3/t15-/m1/s1. The van der Waals surface area contributed by atoms with Crippen molar-refractivity contribution >= 4 is 19.9 Å². The van der Waals surface area contributed by atoms with Gasteiger partial charge in [-0.2, -0.15) is 0 Å². The van der Waals surface area contributed by atoms with Gasteiger partial charge in [-0.1, -0.05) is 20.8 Å². The van der Waals surface area contributed by atoms with E-state index in [0.717, 1.165) is 12.8 Å². The highest BCUT2D eigenvalue weighted by molar-refractivity contribution is 7.91. The Kier molecular flexibility index (Phi) is 5.44. The second-order valence-corrected chi connectivity index (χ2v) is 10.8. The van der Waals surface area contributed by atoms with Gasteiger partial charge in [0.25, 0.3) is 0 Å². The van der Waals surface area contributed by atoms with Gasteiger partial charge in [0, 0.05) is 12.0 Å². The molecule has 0 radical (unpaired) electrons. The fourth-order valence-corrected chi connectivity index (χ4v) is 4.78. The Labute approximate surface area is 144 Å². The molecule has 0 heterocycles. The molecule has 24 heavy (non-hydrogen) atoms. The zero-order valence-electron chi connectivity index (χ0n) is 14.2. The molecule has 0 aliphatic heterocycles. The van der Waals surface area contributed by atoms with Crippen LogP contribution in [0.3, 0.4) is 0 Å². The van der Waals surface area contributed by atoms with Crippen LogP contribution in [0.1, 0.15) is 33.6 Å². The van der Waals surface area contributed by atoms with Crippen molar-refractivity contribution in [3.05, 3.63) is 24.3 Å². The summed E-state index contributed by atoms with van der Waals surface area (Å²) in [6, 6.07) is 5.21. The van der Waals surface area contributed by atoms with Crippen LogP contribution in [0.4, 0.5) is 0 Å². The molecular formula is C16H25NO5S2. The van der Waals surface area contributed by atoms with Crippen molar-refractivity contribution in [2.75, 3.05) is 12.3 Å². The molecule has 1 fully saturated rings. The van der Waals surface area contributed by atoms with Gasteiger partial charge in [0.2, 0.25) is 10.0 Å². The summed E-state index contributed by atoms with van der Waals surface area (Å²) in [5, 5.41) is 10.2. The lowest BCUT2D eigenvalue weighted by molar-refractivity contribution is 0.0529. The van der Waals surface area contributed by atoms with Gasteiger partial charge in [-0.25, -0.2) is 21.6 Å². The number of sulfonamides is 1. The Morgan fingerprint density at radius 2 is 1.58 bits per heavy atom. The molecule has 1 aliphatic rings. The SMILES string of the molecule is CCS(=O)(=O)c1ccc(S(=O)(=O)NCC2([C@H](O)C(C)C)CC2)cc1. The molecule has 2 N–H and O–H groups in total. The maximum atomic E-state index is 12.4. The average Bonchev–Trinajstić information content (AvgIpc) is 3.33. The molecular weight excluding hydrogens is 350 g/mol. The maximum Gasteiger partial charge on any atom is 0.240 e. The highest BCUT2D eigenvalue weighted by atomic mass is 32.2. The summed E-state index contributed by atoms with van der Waals surface area (Å²) in [5.41, 5.74) is -0.382. The van der Waals surface area contributed by atoms with Crippen molar-refractivity contribution in [1.82, 2.24) is 4.72 Å². The molecule has 0 unspecified atom stereocenters. The van der Waals surface area contributed by atoms with Gasteiger partial charge in [0.05, 0.1) is 21.6 Å². The normalized spacial score (nSPS) is 18.5. The minimum Gasteiger partial charge on any atom is -0.392 e. The second kappa shape index (κ2) is 6.74. The van der Waals surface area contributed by atoms with Gasteiger partial charge in [-0.15, -0.1) is 0 Å². The highest BCUT2D eigenvalue weighted by Gasteiger charge is 2.50. The van der Waals surface area contributed by atoms with Crippen LogP contribution in [0, 0.1) is 11.3 Å². The van der Waals surface area contributed by atoms with Crippen LogP contribution in [0.15, 0.2) is 34.1 Å². The molecule has 2 rings (SSSR count). The third-order valence-corrected chi connectivity index (χ3v) is 7.81. The van der Waals surface area contributed by atoms with Gasteiger partial charge < -0.3 is 5.11 Å². The summed E-state index contributed by atoms with van der Waals surface area (Å²) in [7, 11) is -7.09. The smallest absolute Gasteiger partial charge is 0.240 e. The molecule has 1 saturated carbocycles. The summed E-state index contributed by atoms with van der Waals surface area (Å²) in [5.74, 6) is 0.0305. The monoisotopic (exact) mass is 375 g/mol. The number of nitrogens with one attached hydrogen (secondary N) is 1. The van der Waals surface area contributed by atoms with Crippen LogP contribution >= 0.6 is 0 Å². The molecule has 0 saturated heterocycles. The molecule has 6 nitrogen and oxygen atoms in total. The Balaban J connectivity index is 2.11. The minimum atomic E-state index is -3.74. The van der Waals surface area contributed by atoms with E-state index in [2.05, 4.69) is 4.72 Å². The topological polar surface area (TPSA) is 101 Å². The lowest BCUT2D eigenvalue weighted by Gasteiger charge is -2.25. The predicted octanol–water partition coefficient (Wildman–Crippen LogP) is 1.56. The van der Waals surface area contributed by atoms with Crippen LogP contribution in [-0.2, 0) is 19.9 Å². The molecule has 1 aromatic carbocycles. The molecule has 0 amide bonds. The fraction of sp³-hybridized carbons (Fsp3) is 0.625. The number of aliphatic hydroxyl groups is 1. The van der Waals surface area contributed by atoms with Gasteiger partial charge >= 0.3 is 0 Å². The first-order chi connectivity index (χ1) is 11.0. The van der Waals surface area contributed by atoms with Crippen LogP contribution in [0.5, 0.6) is 0 Å². The first-order valence-electron chi connectivity index (χ1n) is 8.05. The van der Waals surface area contributed by atoms with Crippen molar-refractivity contribution in [1.29, 1.82) is 0 Å². The molecule has 0 aromatic heterocycles. The Hall–Kier alpha value is -0.960. The van der Waals surface area contributed by atoms with Crippen molar-refractivity contribution < 1.29 is 21.9 Å². The zero-order valence-corrected chi connectivity index (χ0v) is 15.8. The van der Waals surface area contributed by atoms with Crippen molar-refractivity contribution in [3.8, 4) is 0 Å². The van der Waals surface area contributed by atoms with E-state index in [-0.39, 0.29) is 33.4 Å². The molecule has 1 atom stereocenters. The van der Waals surface area contributed by atoms with E-state index < -0.39 is 26.0 Å². The van der Waals surface area contributed by atoms with Gasteiger partial charge in [-0.3, -0.25) is 0 Å². The number of sulfone groups is 1. The summed E-state index contributed by atoms with van der Waals surface area (Å²) < 4.78 is 50.9. The zero-order chi connectivity index (χ0) is 18.2. The highest BCUT2D eigenvalue weighted by Crippen LogP contribution is 2.50. The predicted molar refractivity (Wildman–Crippen MR) is 91.9 cm³/mol. The average molecular weight is 376 g/mol. The number of benzene rings is 1. The van der Waals surface area contributed by atoms with E-state index in [1.807, 2.05) is 13.8 Å². The van der Waals surface area contributed by atoms with E-state index in [1.54, 1.807) is 0 Å². The number of hydrogen-bond acceptors (Lipinski definition) is 5. The van der Waals surface area contributed by atoms with Crippen molar-refractivity contribution in [2.45, 2.75) is 49.5 Å². The summed E-state index contributed by atoms with van der Waals surface area (Å²) in [4.78, 5) is 0.130. The number of hydrogen-bond donors (Lipinski definition) is 2. The van der Waals surface area contributed by atoms with Crippen LogP contribution < -0.4 is 4.72 Å². The summed E-state index contributed by atoms with van der Waals surface area (Å²) >= 11 is 0. The first-order valence-corrected chi connectivity index (χ1v) is 11.2. The summed E-state index contributed by atoms with van der Waals surface area (Å²) in [6.45, 7) is 5.54. The molecule has 0 bridgehead atoms. The quantitative estimate of drug-likeness (QED) is 0.718.